The molecule has 2 unspecified atom stereocenters. The fourth-order valence-electron chi connectivity index (χ4n) is 1.56. The van der Waals surface area contributed by atoms with Crippen LogP contribution in [0, 0.1) is 5.92 Å². The molecular formula is C13H29NO2. The van der Waals surface area contributed by atoms with Crippen molar-refractivity contribution < 1.29 is 9.84 Å². The van der Waals surface area contributed by atoms with Crippen molar-refractivity contribution >= 4 is 0 Å². The Morgan fingerprint density at radius 1 is 1.12 bits per heavy atom. The lowest BCUT2D eigenvalue weighted by Gasteiger charge is -2.26. The van der Waals surface area contributed by atoms with E-state index in [-0.39, 0.29) is 12.2 Å². The molecule has 0 aromatic rings. The van der Waals surface area contributed by atoms with Crippen LogP contribution in [0.4, 0.5) is 0 Å². The Bertz CT molecular complexity index is 162. The maximum Gasteiger partial charge on any atom is 0.0900 e. The highest BCUT2D eigenvalue weighted by molar-refractivity contribution is 4.66. The van der Waals surface area contributed by atoms with Gasteiger partial charge in [0.15, 0.2) is 0 Å². The normalized spacial score (nSPS) is 15.8. The van der Waals surface area contributed by atoms with Crippen molar-refractivity contribution in [3.63, 3.8) is 0 Å². The average molecular weight is 231 g/mol. The number of nitrogens with zero attached hydrogens (tertiary/aromatic N) is 1. The molecule has 1 N–H and O–H groups in total. The third kappa shape index (κ3) is 8.08. The summed E-state index contributed by atoms with van der Waals surface area (Å²) in [7, 11) is 0. The number of rotatable bonds is 9. The van der Waals surface area contributed by atoms with Crippen molar-refractivity contribution in [1.82, 2.24) is 4.90 Å². The Balaban J connectivity index is 3.82. The van der Waals surface area contributed by atoms with Gasteiger partial charge in [0.05, 0.1) is 18.8 Å². The molecule has 2 atom stereocenters. The summed E-state index contributed by atoms with van der Waals surface area (Å²) in [6.07, 6.45) is 1.01. The minimum absolute atomic E-state index is 0.194. The first-order chi connectivity index (χ1) is 7.49. The Kier molecular flexibility index (Phi) is 8.90. The summed E-state index contributed by atoms with van der Waals surface area (Å²) in [5, 5.41) is 9.82. The Labute approximate surface area is 101 Å². The van der Waals surface area contributed by atoms with Gasteiger partial charge in [-0.05, 0) is 26.3 Å². The largest absolute Gasteiger partial charge is 0.389 e. The first kappa shape index (κ1) is 15.9. The molecule has 0 aliphatic carbocycles. The van der Waals surface area contributed by atoms with Gasteiger partial charge in [0.2, 0.25) is 0 Å². The second-order valence-electron chi connectivity index (χ2n) is 4.90. The lowest BCUT2D eigenvalue weighted by Crippen LogP contribution is -2.37. The predicted molar refractivity (Wildman–Crippen MR) is 68.7 cm³/mol. The minimum Gasteiger partial charge on any atom is -0.389 e. The number of ether oxygens (including phenoxy) is 1. The quantitative estimate of drug-likeness (QED) is 0.660. The third-order valence-corrected chi connectivity index (χ3v) is 2.80. The van der Waals surface area contributed by atoms with E-state index < -0.39 is 0 Å². The highest BCUT2D eigenvalue weighted by Gasteiger charge is 2.13. The van der Waals surface area contributed by atoms with E-state index in [1.807, 2.05) is 13.8 Å². The van der Waals surface area contributed by atoms with Crippen molar-refractivity contribution in [2.45, 2.75) is 53.2 Å². The van der Waals surface area contributed by atoms with Crippen LogP contribution in [0.3, 0.4) is 0 Å². The van der Waals surface area contributed by atoms with Gasteiger partial charge in [-0.3, -0.25) is 0 Å². The van der Waals surface area contributed by atoms with Crippen LogP contribution in [-0.2, 0) is 4.74 Å². The highest BCUT2D eigenvalue weighted by atomic mass is 16.5. The molecular weight excluding hydrogens is 202 g/mol. The number of hydrogen-bond acceptors (Lipinski definition) is 3. The summed E-state index contributed by atoms with van der Waals surface area (Å²) >= 11 is 0. The second-order valence-corrected chi connectivity index (χ2v) is 4.90. The molecule has 0 aliphatic rings. The van der Waals surface area contributed by atoms with Crippen LogP contribution in [-0.4, -0.2) is 48.5 Å². The Morgan fingerprint density at radius 3 is 2.19 bits per heavy atom. The van der Waals surface area contributed by atoms with Crippen LogP contribution in [0.1, 0.15) is 41.0 Å². The van der Waals surface area contributed by atoms with E-state index in [1.54, 1.807) is 0 Å². The van der Waals surface area contributed by atoms with E-state index in [9.17, 15) is 5.11 Å². The first-order valence-electron chi connectivity index (χ1n) is 6.51. The molecule has 0 fully saturated rings. The molecule has 3 nitrogen and oxygen atoms in total. The summed E-state index contributed by atoms with van der Waals surface area (Å²) in [5.74, 6) is 0.693. The van der Waals surface area contributed by atoms with Gasteiger partial charge in [-0.2, -0.15) is 0 Å². The maximum absolute atomic E-state index is 9.82. The van der Waals surface area contributed by atoms with E-state index >= 15 is 0 Å². The van der Waals surface area contributed by atoms with Gasteiger partial charge in [-0.1, -0.05) is 27.2 Å². The molecule has 3 heteroatoms. The van der Waals surface area contributed by atoms with E-state index in [1.165, 1.54) is 6.42 Å². The Morgan fingerprint density at radius 2 is 1.75 bits per heavy atom. The lowest BCUT2D eigenvalue weighted by molar-refractivity contribution is -0.00932. The molecule has 0 radical (unpaired) electrons. The number of hydrogen-bond donors (Lipinski definition) is 1. The van der Waals surface area contributed by atoms with E-state index in [4.69, 9.17) is 4.74 Å². The molecule has 0 rings (SSSR count). The molecule has 0 heterocycles. The van der Waals surface area contributed by atoms with Gasteiger partial charge < -0.3 is 14.7 Å². The lowest BCUT2D eigenvalue weighted by atomic mass is 10.1. The van der Waals surface area contributed by atoms with Crippen molar-refractivity contribution in [3.8, 4) is 0 Å². The third-order valence-electron chi connectivity index (χ3n) is 2.80. The minimum atomic E-state index is -0.369. The van der Waals surface area contributed by atoms with Crippen LogP contribution in [0.5, 0.6) is 0 Å². The Hall–Kier alpha value is -0.120. The topological polar surface area (TPSA) is 32.7 Å². The van der Waals surface area contributed by atoms with E-state index in [0.29, 0.717) is 19.1 Å². The number of likely N-dealkylation sites (N-methyl/N-ethyl adjacent to an activating group) is 1. The molecule has 0 saturated carbocycles. The molecule has 16 heavy (non-hydrogen) atoms. The number of aliphatic hydroxyl groups is 1. The maximum atomic E-state index is 9.82. The van der Waals surface area contributed by atoms with Gasteiger partial charge >= 0.3 is 0 Å². The SMILES string of the molecule is CCC(C)CN(CC)CC(O)COC(C)C. The summed E-state index contributed by atoms with van der Waals surface area (Å²) < 4.78 is 5.40. The summed E-state index contributed by atoms with van der Waals surface area (Å²) in [4.78, 5) is 2.29. The highest BCUT2D eigenvalue weighted by Crippen LogP contribution is 2.05. The molecule has 0 spiro atoms. The zero-order chi connectivity index (χ0) is 12.6. The average Bonchev–Trinajstić information content (AvgIpc) is 2.25. The van der Waals surface area contributed by atoms with Gasteiger partial charge in [-0.25, -0.2) is 0 Å². The van der Waals surface area contributed by atoms with Crippen molar-refractivity contribution in [1.29, 1.82) is 0 Å². The van der Waals surface area contributed by atoms with Gasteiger partial charge in [0.25, 0.3) is 0 Å². The zero-order valence-electron chi connectivity index (χ0n) is 11.6. The molecule has 0 bridgehead atoms. The second kappa shape index (κ2) is 8.97. The van der Waals surface area contributed by atoms with Crippen LogP contribution in [0.15, 0.2) is 0 Å². The predicted octanol–water partition coefficient (Wildman–Crippen LogP) is 2.14. The summed E-state index contributed by atoms with van der Waals surface area (Å²) in [6.45, 7) is 13.8. The molecule has 98 valence electrons. The molecule has 0 aromatic carbocycles. The van der Waals surface area contributed by atoms with Gasteiger partial charge in [0.1, 0.15) is 0 Å². The smallest absolute Gasteiger partial charge is 0.0900 e. The van der Waals surface area contributed by atoms with Crippen LogP contribution in [0.2, 0.25) is 0 Å². The molecule has 0 aliphatic heterocycles. The van der Waals surface area contributed by atoms with Crippen molar-refractivity contribution in [2.75, 3.05) is 26.2 Å². The van der Waals surface area contributed by atoms with E-state index in [2.05, 4.69) is 25.7 Å². The zero-order valence-corrected chi connectivity index (χ0v) is 11.6. The van der Waals surface area contributed by atoms with Gasteiger partial charge in [-0.15, -0.1) is 0 Å². The first-order valence-corrected chi connectivity index (χ1v) is 6.51. The fraction of sp³-hybridized carbons (Fsp3) is 1.00. The fourth-order valence-corrected chi connectivity index (χ4v) is 1.56. The molecule has 0 aromatic heterocycles. The molecule has 0 saturated heterocycles. The van der Waals surface area contributed by atoms with Gasteiger partial charge in [0, 0.05) is 13.1 Å². The molecule has 0 amide bonds. The van der Waals surface area contributed by atoms with Crippen LogP contribution in [0.25, 0.3) is 0 Å². The van der Waals surface area contributed by atoms with Crippen LogP contribution >= 0.6 is 0 Å². The van der Waals surface area contributed by atoms with Crippen LogP contribution < -0.4 is 0 Å². The summed E-state index contributed by atoms with van der Waals surface area (Å²) in [5.41, 5.74) is 0. The number of aliphatic hydroxyl groups excluding tert-OH is 1. The monoisotopic (exact) mass is 231 g/mol. The standard InChI is InChI=1S/C13H29NO2/c1-6-12(5)8-14(7-2)9-13(15)10-16-11(3)4/h11-13,15H,6-10H2,1-5H3. The van der Waals surface area contributed by atoms with E-state index in [0.717, 1.165) is 13.1 Å². The van der Waals surface area contributed by atoms with Crippen molar-refractivity contribution in [2.24, 2.45) is 5.92 Å². The van der Waals surface area contributed by atoms with Crippen molar-refractivity contribution in [3.05, 3.63) is 0 Å². The summed E-state index contributed by atoms with van der Waals surface area (Å²) in [6, 6.07) is 0.